The molecule has 0 radical (unpaired) electrons. The molecular weight excluding hydrogens is 280 g/mol. The molecular formula is C12H13BrN4. The van der Waals surface area contributed by atoms with Crippen LogP contribution in [0.3, 0.4) is 0 Å². The Morgan fingerprint density at radius 3 is 2.94 bits per heavy atom. The fourth-order valence-electron chi connectivity index (χ4n) is 1.49. The second-order valence-corrected chi connectivity index (χ2v) is 4.58. The van der Waals surface area contributed by atoms with E-state index < -0.39 is 0 Å². The first-order valence-corrected chi connectivity index (χ1v) is 6.23. The van der Waals surface area contributed by atoms with Crippen molar-refractivity contribution in [1.82, 2.24) is 15.2 Å². The monoisotopic (exact) mass is 292 g/mol. The van der Waals surface area contributed by atoms with Gasteiger partial charge in [-0.1, -0.05) is 28.1 Å². The molecule has 4 nitrogen and oxygen atoms in total. The quantitative estimate of drug-likeness (QED) is 0.938. The van der Waals surface area contributed by atoms with Crippen LogP contribution in [0.5, 0.6) is 0 Å². The number of halogens is 1. The lowest BCUT2D eigenvalue weighted by Crippen LogP contribution is -2.04. The van der Waals surface area contributed by atoms with Gasteiger partial charge in [0.25, 0.3) is 0 Å². The van der Waals surface area contributed by atoms with Crippen molar-refractivity contribution in [2.24, 2.45) is 5.73 Å². The maximum atomic E-state index is 5.46. The average Bonchev–Trinajstić information content (AvgIpc) is 2.37. The predicted molar refractivity (Wildman–Crippen MR) is 70.3 cm³/mol. The largest absolute Gasteiger partial charge is 0.330 e. The highest BCUT2D eigenvalue weighted by molar-refractivity contribution is 9.10. The highest BCUT2D eigenvalue weighted by atomic mass is 79.9. The minimum Gasteiger partial charge on any atom is -0.330 e. The van der Waals surface area contributed by atoms with E-state index in [4.69, 9.17) is 5.73 Å². The molecule has 0 bridgehead atoms. The minimum atomic E-state index is 0.643. The molecule has 0 aliphatic heterocycles. The van der Waals surface area contributed by atoms with Gasteiger partial charge in [-0.25, -0.2) is 4.98 Å². The van der Waals surface area contributed by atoms with E-state index in [0.717, 1.165) is 34.4 Å². The maximum absolute atomic E-state index is 5.46. The summed E-state index contributed by atoms with van der Waals surface area (Å²) in [7, 11) is 0. The Morgan fingerprint density at radius 1 is 1.29 bits per heavy atom. The van der Waals surface area contributed by atoms with E-state index in [2.05, 4.69) is 31.1 Å². The van der Waals surface area contributed by atoms with Crippen molar-refractivity contribution in [3.63, 3.8) is 0 Å². The van der Waals surface area contributed by atoms with Crippen LogP contribution in [0.2, 0.25) is 0 Å². The molecule has 2 N–H and O–H groups in total. The van der Waals surface area contributed by atoms with Gasteiger partial charge in [-0.2, -0.15) is 5.10 Å². The molecule has 0 spiro atoms. The number of hydrogen-bond donors (Lipinski definition) is 1. The van der Waals surface area contributed by atoms with Gasteiger partial charge in [-0.3, -0.25) is 0 Å². The minimum absolute atomic E-state index is 0.643. The van der Waals surface area contributed by atoms with Crippen molar-refractivity contribution < 1.29 is 0 Å². The van der Waals surface area contributed by atoms with Gasteiger partial charge in [-0.15, -0.1) is 5.10 Å². The standard InChI is InChI=1S/C12H13BrN4/c13-10-4-1-3-9(7-10)11-8-15-17-12(16-11)5-2-6-14/h1,3-4,7-8H,2,5-6,14H2. The second-order valence-electron chi connectivity index (χ2n) is 3.66. The van der Waals surface area contributed by atoms with Crippen molar-refractivity contribution in [3.05, 3.63) is 40.8 Å². The first-order chi connectivity index (χ1) is 8.29. The lowest BCUT2D eigenvalue weighted by atomic mass is 10.2. The van der Waals surface area contributed by atoms with Gasteiger partial charge in [0, 0.05) is 16.5 Å². The molecule has 1 aromatic carbocycles. The summed E-state index contributed by atoms with van der Waals surface area (Å²) in [6, 6.07) is 7.97. The third-order valence-electron chi connectivity index (χ3n) is 2.33. The predicted octanol–water partition coefficient (Wildman–Crippen LogP) is 2.19. The van der Waals surface area contributed by atoms with Gasteiger partial charge < -0.3 is 5.73 Å². The molecule has 1 heterocycles. The van der Waals surface area contributed by atoms with Crippen LogP contribution in [0, 0.1) is 0 Å². The number of nitrogens with zero attached hydrogens (tertiary/aromatic N) is 3. The number of benzene rings is 1. The Balaban J connectivity index is 2.26. The van der Waals surface area contributed by atoms with Crippen LogP contribution in [0.15, 0.2) is 34.9 Å². The van der Waals surface area contributed by atoms with Crippen LogP contribution in [-0.2, 0) is 6.42 Å². The summed E-state index contributed by atoms with van der Waals surface area (Å²) in [6.45, 7) is 0.643. The molecule has 1 aromatic heterocycles. The zero-order valence-corrected chi connectivity index (χ0v) is 10.9. The zero-order valence-electron chi connectivity index (χ0n) is 9.31. The number of aryl methyl sites for hydroxylation is 1. The third kappa shape index (κ3) is 3.31. The van der Waals surface area contributed by atoms with Gasteiger partial charge in [0.1, 0.15) is 0 Å². The smallest absolute Gasteiger partial charge is 0.151 e. The molecule has 0 unspecified atom stereocenters. The summed E-state index contributed by atoms with van der Waals surface area (Å²) >= 11 is 3.44. The van der Waals surface area contributed by atoms with Crippen LogP contribution in [0.25, 0.3) is 11.3 Å². The Bertz CT molecular complexity index is 501. The number of aromatic nitrogens is 3. The molecule has 17 heavy (non-hydrogen) atoms. The average molecular weight is 293 g/mol. The highest BCUT2D eigenvalue weighted by Gasteiger charge is 2.03. The number of nitrogens with two attached hydrogens (primary N) is 1. The van der Waals surface area contributed by atoms with E-state index in [1.807, 2.05) is 24.3 Å². The maximum Gasteiger partial charge on any atom is 0.151 e. The first-order valence-electron chi connectivity index (χ1n) is 5.44. The number of hydrogen-bond acceptors (Lipinski definition) is 4. The molecule has 0 aliphatic carbocycles. The molecule has 0 saturated carbocycles. The summed E-state index contributed by atoms with van der Waals surface area (Å²) in [4.78, 5) is 4.47. The summed E-state index contributed by atoms with van der Waals surface area (Å²) in [5, 5.41) is 7.97. The van der Waals surface area contributed by atoms with Crippen molar-refractivity contribution in [1.29, 1.82) is 0 Å². The van der Waals surface area contributed by atoms with Gasteiger partial charge in [0.2, 0.25) is 0 Å². The molecule has 0 fully saturated rings. The molecule has 2 aromatic rings. The molecule has 0 atom stereocenters. The Kier molecular flexibility index (Phi) is 4.17. The molecule has 2 rings (SSSR count). The van der Waals surface area contributed by atoms with E-state index in [9.17, 15) is 0 Å². The van der Waals surface area contributed by atoms with Gasteiger partial charge in [0.15, 0.2) is 5.82 Å². The Hall–Kier alpha value is -1.33. The summed E-state index contributed by atoms with van der Waals surface area (Å²) < 4.78 is 1.03. The molecule has 0 aliphatic rings. The van der Waals surface area contributed by atoms with Crippen molar-refractivity contribution >= 4 is 15.9 Å². The van der Waals surface area contributed by atoms with Gasteiger partial charge >= 0.3 is 0 Å². The fourth-order valence-corrected chi connectivity index (χ4v) is 1.89. The third-order valence-corrected chi connectivity index (χ3v) is 2.82. The second kappa shape index (κ2) is 5.84. The molecule has 88 valence electrons. The molecule has 0 amide bonds. The lowest BCUT2D eigenvalue weighted by Gasteiger charge is -2.03. The van der Waals surface area contributed by atoms with Crippen molar-refractivity contribution in [3.8, 4) is 11.3 Å². The molecule has 5 heteroatoms. The van der Waals surface area contributed by atoms with E-state index >= 15 is 0 Å². The first kappa shape index (κ1) is 12.1. The Labute approximate surface area is 108 Å². The SMILES string of the molecule is NCCCc1nncc(-c2cccc(Br)c2)n1. The summed E-state index contributed by atoms with van der Waals surface area (Å²) in [5.74, 6) is 0.743. The van der Waals surface area contributed by atoms with Crippen molar-refractivity contribution in [2.45, 2.75) is 12.8 Å². The van der Waals surface area contributed by atoms with Gasteiger partial charge in [-0.05, 0) is 25.1 Å². The Morgan fingerprint density at radius 2 is 2.18 bits per heavy atom. The van der Waals surface area contributed by atoms with Gasteiger partial charge in [0.05, 0.1) is 11.9 Å². The summed E-state index contributed by atoms with van der Waals surface area (Å²) in [5.41, 5.74) is 7.34. The van der Waals surface area contributed by atoms with Crippen LogP contribution in [0.4, 0.5) is 0 Å². The number of rotatable bonds is 4. The normalized spacial score (nSPS) is 10.5. The van der Waals surface area contributed by atoms with Crippen LogP contribution < -0.4 is 5.73 Å². The topological polar surface area (TPSA) is 64.7 Å². The van der Waals surface area contributed by atoms with E-state index in [0.29, 0.717) is 6.54 Å². The van der Waals surface area contributed by atoms with E-state index in [-0.39, 0.29) is 0 Å². The highest BCUT2D eigenvalue weighted by Crippen LogP contribution is 2.20. The van der Waals surface area contributed by atoms with Crippen LogP contribution in [0.1, 0.15) is 12.2 Å². The molecule has 0 saturated heterocycles. The van der Waals surface area contributed by atoms with Crippen LogP contribution in [-0.4, -0.2) is 21.7 Å². The van der Waals surface area contributed by atoms with Crippen molar-refractivity contribution in [2.75, 3.05) is 6.54 Å². The zero-order chi connectivity index (χ0) is 12.1. The van der Waals surface area contributed by atoms with E-state index in [1.165, 1.54) is 0 Å². The lowest BCUT2D eigenvalue weighted by molar-refractivity contribution is 0.753. The van der Waals surface area contributed by atoms with Crippen LogP contribution >= 0.6 is 15.9 Å². The summed E-state index contributed by atoms with van der Waals surface area (Å²) in [6.07, 6.45) is 3.32. The fraction of sp³-hybridized carbons (Fsp3) is 0.250. The van der Waals surface area contributed by atoms with E-state index in [1.54, 1.807) is 6.20 Å².